The van der Waals surface area contributed by atoms with Gasteiger partial charge in [-0.05, 0) is 250 Å². The van der Waals surface area contributed by atoms with E-state index in [0.29, 0.717) is 17.5 Å². The van der Waals surface area contributed by atoms with Crippen LogP contribution >= 0.6 is 34.0 Å². The second-order valence-electron chi connectivity index (χ2n) is 35.4. The van der Waals surface area contributed by atoms with Crippen LogP contribution in [-0.4, -0.2) is 28.7 Å². The van der Waals surface area contributed by atoms with Crippen molar-refractivity contribution in [1.82, 2.24) is 28.7 Å². The first kappa shape index (κ1) is 86.9. The minimum atomic E-state index is 0.681. The van der Waals surface area contributed by atoms with Crippen molar-refractivity contribution >= 4 is 160 Å². The Kier molecular flexibility index (Phi) is 24.2. The molecule has 0 spiro atoms. The van der Waals surface area contributed by atoms with Gasteiger partial charge < -0.3 is 13.7 Å². The number of fused-ring (bicyclic) bond motifs is 18. The van der Waals surface area contributed by atoms with Crippen LogP contribution in [0.25, 0.3) is 211 Å². The maximum absolute atomic E-state index is 4.87. The molecular formula is C129H96N6S3. The van der Waals surface area contributed by atoms with Crippen molar-refractivity contribution in [3.63, 3.8) is 0 Å². The zero-order valence-corrected chi connectivity index (χ0v) is 79.9. The predicted octanol–water partition coefficient (Wildman–Crippen LogP) is 36.6. The molecule has 27 aromatic rings. The minimum Gasteiger partial charge on any atom is -0.309 e. The van der Waals surface area contributed by atoms with Crippen LogP contribution < -0.4 is 0 Å². The number of thiophene rings is 3. The highest BCUT2D eigenvalue weighted by atomic mass is 32.1. The molecule has 9 heteroatoms. The molecule has 27 rings (SSSR count). The molecule has 0 saturated carbocycles. The first-order chi connectivity index (χ1) is 67.9. The monoisotopic (exact) mass is 1820 g/mol. The van der Waals surface area contributed by atoms with E-state index in [1.54, 1.807) is 0 Å². The van der Waals surface area contributed by atoms with Crippen LogP contribution in [0, 0.1) is 41.5 Å². The Morgan fingerprint density at radius 2 is 0.384 bits per heavy atom. The molecule has 0 aliphatic rings. The van der Waals surface area contributed by atoms with Gasteiger partial charge in [-0.3, -0.25) is 0 Å². The highest BCUT2D eigenvalue weighted by Crippen LogP contribution is 2.44. The van der Waals surface area contributed by atoms with Gasteiger partial charge in [0.05, 0.1) is 33.1 Å². The number of aryl methyl sites for hydroxylation is 6. The number of nitrogens with zero attached hydrogens (tertiary/aromatic N) is 6. The van der Waals surface area contributed by atoms with Gasteiger partial charge >= 0.3 is 0 Å². The van der Waals surface area contributed by atoms with Crippen LogP contribution in [-0.2, 0) is 0 Å². The summed E-state index contributed by atoms with van der Waals surface area (Å²) in [4.78, 5) is 14.5. The van der Waals surface area contributed by atoms with Crippen molar-refractivity contribution in [2.45, 2.75) is 41.5 Å². The number of aromatic nitrogens is 6. The third-order valence-corrected chi connectivity index (χ3v) is 29.2. The molecule has 0 aliphatic carbocycles. The number of benzene rings is 20. The number of hydrogen-bond acceptors (Lipinski definition) is 6. The molecule has 0 unspecified atom stereocenters. The van der Waals surface area contributed by atoms with E-state index >= 15 is 0 Å². The fraction of sp³-hybridized carbons (Fsp3) is 0.0465. The summed E-state index contributed by atoms with van der Waals surface area (Å²) in [6, 6.07) is 168. The molecule has 0 fully saturated rings. The molecule has 0 N–H and O–H groups in total. The van der Waals surface area contributed by atoms with Gasteiger partial charge in [0.2, 0.25) is 0 Å². The molecule has 0 amide bonds. The summed E-state index contributed by atoms with van der Waals surface area (Å²) in [6.07, 6.45) is 0. The maximum atomic E-state index is 4.87. The van der Waals surface area contributed by atoms with Crippen molar-refractivity contribution in [2.24, 2.45) is 0 Å². The third-order valence-electron chi connectivity index (χ3n) is 25.8. The lowest BCUT2D eigenvalue weighted by Crippen LogP contribution is -2.00. The van der Waals surface area contributed by atoms with E-state index in [-0.39, 0.29) is 0 Å². The lowest BCUT2D eigenvalue weighted by Gasteiger charge is -2.08. The first-order valence-electron chi connectivity index (χ1n) is 46.9. The van der Waals surface area contributed by atoms with E-state index in [1.807, 2.05) is 94.7 Å². The van der Waals surface area contributed by atoms with E-state index in [2.05, 4.69) is 468 Å². The van der Waals surface area contributed by atoms with Gasteiger partial charge in [0.25, 0.3) is 0 Å². The predicted molar refractivity (Wildman–Crippen MR) is 595 cm³/mol. The second kappa shape index (κ2) is 38.5. The maximum Gasteiger partial charge on any atom is 0.164 e. The van der Waals surface area contributed by atoms with Crippen LogP contribution in [0.2, 0.25) is 0 Å². The smallest absolute Gasteiger partial charge is 0.164 e. The summed E-state index contributed by atoms with van der Waals surface area (Å²) in [5.74, 6) is 2.05. The van der Waals surface area contributed by atoms with Crippen molar-refractivity contribution in [2.75, 3.05) is 0 Å². The van der Waals surface area contributed by atoms with E-state index in [1.165, 1.54) is 210 Å². The molecule has 7 heterocycles. The van der Waals surface area contributed by atoms with Gasteiger partial charge in [-0.15, -0.1) is 34.0 Å². The Hall–Kier alpha value is -16.5. The van der Waals surface area contributed by atoms with Crippen molar-refractivity contribution in [3.05, 3.63) is 507 Å². The summed E-state index contributed by atoms with van der Waals surface area (Å²) in [5, 5.41) is 15.9. The molecule has 0 atom stereocenters. The van der Waals surface area contributed by atoms with E-state index in [9.17, 15) is 0 Å². The molecule has 20 aromatic carbocycles. The molecule has 0 bridgehead atoms. The average Bonchev–Trinajstić information content (AvgIpc) is 1.58. The summed E-state index contributed by atoms with van der Waals surface area (Å²) in [7, 11) is 0. The summed E-state index contributed by atoms with van der Waals surface area (Å²) >= 11 is 5.58. The van der Waals surface area contributed by atoms with E-state index in [4.69, 9.17) is 15.0 Å². The molecule has 6 nitrogen and oxygen atoms in total. The van der Waals surface area contributed by atoms with Crippen LogP contribution in [0.3, 0.4) is 0 Å². The van der Waals surface area contributed by atoms with Gasteiger partial charge in [-0.25, -0.2) is 15.0 Å². The Bertz CT molecular complexity index is 9050. The number of rotatable bonds is 9. The summed E-state index contributed by atoms with van der Waals surface area (Å²) in [6.45, 7) is 12.9. The molecule has 0 aliphatic heterocycles. The fourth-order valence-corrected chi connectivity index (χ4v) is 22.4. The van der Waals surface area contributed by atoms with E-state index in [0.717, 1.165) is 16.7 Å². The SMILES string of the molecule is Cc1ccc2c(c1)c1cc(-c3ccccc3)ccc1n2-c1ccccc1.Cc1ccc2c(c1)c1ccccc1n2-c1ccccc1.Cc1ccc2c(c1)sc1ccc(-c3ccccc3)cc12.Cc1ccc2c3ccccc3n(-c3ccccc3)c2c1.Cc1ccc2sc3ccc(-c4ccccc4)cc3c2c1.Cc1ccc2sc3ccc(-c4nc(-c5ccccc5)nc(-c5ccccc5)n4)cc3c2c1. The van der Waals surface area contributed by atoms with Crippen molar-refractivity contribution < 1.29 is 0 Å². The van der Waals surface area contributed by atoms with Gasteiger partial charge in [-0.2, -0.15) is 0 Å². The Labute approximate surface area is 814 Å². The molecule has 138 heavy (non-hydrogen) atoms. The van der Waals surface area contributed by atoms with Gasteiger partial charge in [0, 0.05) is 127 Å². The van der Waals surface area contributed by atoms with Crippen molar-refractivity contribution in [1.29, 1.82) is 0 Å². The normalized spacial score (nSPS) is 11.3. The second-order valence-corrected chi connectivity index (χ2v) is 38.7. The third kappa shape index (κ3) is 17.7. The topological polar surface area (TPSA) is 53.5 Å². The van der Waals surface area contributed by atoms with Gasteiger partial charge in [0.1, 0.15) is 0 Å². The van der Waals surface area contributed by atoms with Crippen LogP contribution in [0.1, 0.15) is 33.4 Å². The number of para-hydroxylation sites is 5. The van der Waals surface area contributed by atoms with Crippen LogP contribution in [0.5, 0.6) is 0 Å². The summed E-state index contributed by atoms with van der Waals surface area (Å²) < 4.78 is 15.1. The quantitative estimate of drug-likeness (QED) is 0.145. The average molecular weight is 1830 g/mol. The Morgan fingerprint density at radius 3 is 0.812 bits per heavy atom. The Balaban J connectivity index is 0.0000000965. The van der Waals surface area contributed by atoms with Gasteiger partial charge in [-0.1, -0.05) is 332 Å². The zero-order chi connectivity index (χ0) is 93.1. The fourth-order valence-electron chi connectivity index (χ4n) is 19.0. The highest BCUT2D eigenvalue weighted by Gasteiger charge is 2.20. The van der Waals surface area contributed by atoms with Crippen molar-refractivity contribution in [3.8, 4) is 84.6 Å². The molecular weight excluding hydrogens is 1730 g/mol. The van der Waals surface area contributed by atoms with Crippen LogP contribution in [0.15, 0.2) is 473 Å². The summed E-state index contributed by atoms with van der Waals surface area (Å²) in [5.41, 5.74) is 29.6. The molecule has 660 valence electrons. The van der Waals surface area contributed by atoms with E-state index < -0.39 is 0 Å². The largest absolute Gasteiger partial charge is 0.309 e. The minimum absolute atomic E-state index is 0.681. The van der Waals surface area contributed by atoms with Gasteiger partial charge in [0.15, 0.2) is 17.5 Å². The Morgan fingerprint density at radius 1 is 0.145 bits per heavy atom. The lowest BCUT2D eigenvalue weighted by molar-refractivity contribution is 1.07. The zero-order valence-electron chi connectivity index (χ0n) is 77.4. The lowest BCUT2D eigenvalue weighted by atomic mass is 10.0. The molecule has 0 radical (unpaired) electrons. The molecule has 7 aromatic heterocycles. The number of hydrogen-bond donors (Lipinski definition) is 0. The highest BCUT2D eigenvalue weighted by molar-refractivity contribution is 7.26. The first-order valence-corrected chi connectivity index (χ1v) is 49.3. The van der Waals surface area contributed by atoms with Crippen LogP contribution in [0.4, 0.5) is 0 Å². The molecule has 0 saturated heterocycles. The standard InChI is InChI=1S/C28H19N3S.C25H19N.2C19H15N.2C19H14S/c1-18-12-14-24-22(16-18)23-17-21(13-15-25(23)32-24)28-30-26(19-8-4-2-5-9-19)29-27(31-28)20-10-6-3-7-11-20;1-18-12-14-24-22(16-18)23-17-20(19-8-4-2-5-9-19)13-15-25(23)26(24)21-10-6-3-7-11-21;1-14-11-12-19-17(13-14)16-9-5-6-10-18(16)20(19)15-7-3-2-4-8-15;1-14-11-12-17-16-9-5-6-10-18(16)20(19(17)13-14)15-7-3-2-4-8-15;1-13-7-9-18-16(11-13)17-12-15(8-10-19(17)20-18)14-5-3-2-4-6-14;1-13-7-9-16-17-12-15(14-5-3-2-4-6-14)8-10-18(17)20-19(16)11-13/h2-17H,1H3;2-17H,1H3;2*2-13H,1H3;2*2-12H,1H3.